The molecule has 3 rings (SSSR count). The molecule has 0 atom stereocenters. The molecule has 1 aromatic carbocycles. The lowest BCUT2D eigenvalue weighted by atomic mass is 10.0. The number of halogens is 1. The Morgan fingerprint density at radius 2 is 1.79 bits per heavy atom. The largest absolute Gasteiger partial charge is 0.468 e. The van der Waals surface area contributed by atoms with Crippen LogP contribution in [0.25, 0.3) is 0 Å². The summed E-state index contributed by atoms with van der Waals surface area (Å²) < 4.78 is 11.0. The molecule has 8 heteroatoms. The van der Waals surface area contributed by atoms with Gasteiger partial charge in [-0.05, 0) is 51.1 Å². The van der Waals surface area contributed by atoms with Gasteiger partial charge in [0.15, 0.2) is 5.96 Å². The SMILES string of the molecule is CCNC(=NCc1ccccc1CN(C)Cc1ccco1)NCC(C)(C)N1CCOCC1.I. The molecule has 33 heavy (non-hydrogen) atoms. The zero-order valence-electron chi connectivity index (χ0n) is 20.5. The van der Waals surface area contributed by atoms with Gasteiger partial charge >= 0.3 is 0 Å². The number of nitrogens with one attached hydrogen (secondary N) is 2. The highest BCUT2D eigenvalue weighted by Crippen LogP contribution is 2.16. The minimum atomic E-state index is 0. The standard InChI is InChI=1S/C25H39N5O2.HI/c1-5-26-24(28-20-25(2,3)30-12-15-31-16-13-30)27-17-21-9-6-7-10-22(21)18-29(4)19-23-11-8-14-32-23;/h6-11,14H,5,12-13,15-20H2,1-4H3,(H2,26,27,28);1H. The Kier molecular flexibility index (Phi) is 11.7. The molecule has 7 nitrogen and oxygen atoms in total. The molecule has 2 N–H and O–H groups in total. The van der Waals surface area contributed by atoms with E-state index in [1.54, 1.807) is 6.26 Å². The van der Waals surface area contributed by atoms with Crippen LogP contribution in [0.4, 0.5) is 0 Å². The lowest BCUT2D eigenvalue weighted by Crippen LogP contribution is -2.56. The van der Waals surface area contributed by atoms with Gasteiger partial charge in [-0.15, -0.1) is 24.0 Å². The van der Waals surface area contributed by atoms with Gasteiger partial charge in [-0.2, -0.15) is 0 Å². The lowest BCUT2D eigenvalue weighted by molar-refractivity contribution is -0.00834. The Bertz CT molecular complexity index is 835. The fraction of sp³-hybridized carbons (Fsp3) is 0.560. The first-order valence-electron chi connectivity index (χ1n) is 11.6. The van der Waals surface area contributed by atoms with Crippen molar-refractivity contribution in [2.45, 2.75) is 45.9 Å². The Morgan fingerprint density at radius 3 is 2.45 bits per heavy atom. The summed E-state index contributed by atoms with van der Waals surface area (Å²) in [5, 5.41) is 6.94. The fourth-order valence-electron chi connectivity index (χ4n) is 3.97. The summed E-state index contributed by atoms with van der Waals surface area (Å²) in [7, 11) is 2.11. The predicted molar refractivity (Wildman–Crippen MR) is 145 cm³/mol. The number of nitrogens with zero attached hydrogens (tertiary/aromatic N) is 3. The maximum absolute atomic E-state index is 5.51. The highest BCUT2D eigenvalue weighted by Gasteiger charge is 2.28. The topological polar surface area (TPSA) is 65.3 Å². The zero-order chi connectivity index (χ0) is 22.8. The normalized spacial score (nSPS) is 15.4. The van der Waals surface area contributed by atoms with Crippen LogP contribution in [0.15, 0.2) is 52.1 Å². The van der Waals surface area contributed by atoms with Crippen molar-refractivity contribution in [3.8, 4) is 0 Å². The summed E-state index contributed by atoms with van der Waals surface area (Å²) in [6, 6.07) is 12.5. The molecule has 0 bridgehead atoms. The number of hydrogen-bond acceptors (Lipinski definition) is 5. The maximum atomic E-state index is 5.51. The summed E-state index contributed by atoms with van der Waals surface area (Å²) in [5.41, 5.74) is 2.56. The van der Waals surface area contributed by atoms with Crippen molar-refractivity contribution >= 4 is 29.9 Å². The Morgan fingerprint density at radius 1 is 1.06 bits per heavy atom. The number of guanidine groups is 1. The lowest BCUT2D eigenvalue weighted by Gasteiger charge is -2.41. The van der Waals surface area contributed by atoms with E-state index >= 15 is 0 Å². The number of furan rings is 1. The minimum absolute atomic E-state index is 0. The molecule has 0 spiro atoms. The summed E-state index contributed by atoms with van der Waals surface area (Å²) in [5.74, 6) is 1.83. The second-order valence-corrected chi connectivity index (χ2v) is 8.98. The van der Waals surface area contributed by atoms with Crippen molar-refractivity contribution in [3.05, 3.63) is 59.5 Å². The van der Waals surface area contributed by atoms with Crippen LogP contribution >= 0.6 is 24.0 Å². The molecule has 0 amide bonds. The highest BCUT2D eigenvalue weighted by atomic mass is 127. The third kappa shape index (κ3) is 8.92. The van der Waals surface area contributed by atoms with Gasteiger partial charge in [0.1, 0.15) is 5.76 Å². The van der Waals surface area contributed by atoms with E-state index < -0.39 is 0 Å². The monoisotopic (exact) mass is 569 g/mol. The van der Waals surface area contributed by atoms with Crippen molar-refractivity contribution in [2.24, 2.45) is 4.99 Å². The average molecular weight is 570 g/mol. The Labute approximate surface area is 216 Å². The first kappa shape index (κ1) is 27.6. The van der Waals surface area contributed by atoms with Crippen LogP contribution in [0.2, 0.25) is 0 Å². The first-order chi connectivity index (χ1) is 15.5. The van der Waals surface area contributed by atoms with Crippen molar-refractivity contribution in [1.29, 1.82) is 0 Å². The highest BCUT2D eigenvalue weighted by molar-refractivity contribution is 14.0. The van der Waals surface area contributed by atoms with Crippen LogP contribution in [-0.4, -0.2) is 67.7 Å². The third-order valence-electron chi connectivity index (χ3n) is 5.87. The van der Waals surface area contributed by atoms with Crippen LogP contribution in [0.5, 0.6) is 0 Å². The molecule has 184 valence electrons. The van der Waals surface area contributed by atoms with Gasteiger partial charge in [-0.25, -0.2) is 4.99 Å². The second kappa shape index (κ2) is 13.9. The van der Waals surface area contributed by atoms with E-state index in [0.717, 1.165) is 64.2 Å². The van der Waals surface area contributed by atoms with Gasteiger partial charge in [-0.1, -0.05) is 24.3 Å². The fourth-order valence-corrected chi connectivity index (χ4v) is 3.97. The van der Waals surface area contributed by atoms with Crippen LogP contribution in [0.1, 0.15) is 37.7 Å². The Hall–Kier alpha value is -1.62. The van der Waals surface area contributed by atoms with Crippen LogP contribution in [0, 0.1) is 0 Å². The molecule has 0 unspecified atom stereocenters. The van der Waals surface area contributed by atoms with Crippen molar-refractivity contribution in [3.63, 3.8) is 0 Å². The zero-order valence-corrected chi connectivity index (χ0v) is 22.8. The molecule has 2 heterocycles. The summed E-state index contributed by atoms with van der Waals surface area (Å²) in [6.45, 7) is 14.1. The number of benzene rings is 1. The van der Waals surface area contributed by atoms with Gasteiger partial charge in [0.2, 0.25) is 0 Å². The molecular formula is C25H40IN5O2. The van der Waals surface area contributed by atoms with Gasteiger partial charge in [-0.3, -0.25) is 9.80 Å². The third-order valence-corrected chi connectivity index (χ3v) is 5.87. The number of rotatable bonds is 10. The van der Waals surface area contributed by atoms with Gasteiger partial charge in [0.05, 0.1) is 32.6 Å². The molecule has 0 saturated carbocycles. The van der Waals surface area contributed by atoms with E-state index in [-0.39, 0.29) is 29.5 Å². The number of ether oxygens (including phenoxy) is 1. The summed E-state index contributed by atoms with van der Waals surface area (Å²) in [4.78, 5) is 9.63. The van der Waals surface area contributed by atoms with Crippen LogP contribution in [-0.2, 0) is 24.4 Å². The molecular weight excluding hydrogens is 529 g/mol. The van der Waals surface area contributed by atoms with Crippen molar-refractivity contribution in [2.75, 3.05) is 46.4 Å². The van der Waals surface area contributed by atoms with E-state index in [1.165, 1.54) is 11.1 Å². The van der Waals surface area contributed by atoms with Crippen LogP contribution in [0.3, 0.4) is 0 Å². The minimum Gasteiger partial charge on any atom is -0.468 e. The average Bonchev–Trinajstić information content (AvgIpc) is 3.30. The maximum Gasteiger partial charge on any atom is 0.191 e. The number of morpholine rings is 1. The van der Waals surface area contributed by atoms with E-state index in [4.69, 9.17) is 14.1 Å². The molecule has 1 saturated heterocycles. The van der Waals surface area contributed by atoms with E-state index in [1.807, 2.05) is 12.1 Å². The first-order valence-corrected chi connectivity index (χ1v) is 11.6. The number of hydrogen-bond donors (Lipinski definition) is 2. The molecule has 2 aromatic rings. The smallest absolute Gasteiger partial charge is 0.191 e. The Balaban J connectivity index is 0.00000385. The molecule has 1 aliphatic heterocycles. The van der Waals surface area contributed by atoms with E-state index in [2.05, 4.69) is 72.5 Å². The van der Waals surface area contributed by atoms with Crippen LogP contribution < -0.4 is 10.6 Å². The quantitative estimate of drug-likeness (QED) is 0.259. The molecule has 0 radical (unpaired) electrons. The van der Waals surface area contributed by atoms with Gasteiger partial charge < -0.3 is 19.8 Å². The number of aliphatic imine (C=N–C) groups is 1. The van der Waals surface area contributed by atoms with E-state index in [9.17, 15) is 0 Å². The van der Waals surface area contributed by atoms with E-state index in [0.29, 0.717) is 6.54 Å². The molecule has 1 fully saturated rings. The summed E-state index contributed by atoms with van der Waals surface area (Å²) >= 11 is 0. The summed E-state index contributed by atoms with van der Waals surface area (Å²) in [6.07, 6.45) is 1.72. The molecule has 1 aromatic heterocycles. The van der Waals surface area contributed by atoms with Gasteiger partial charge in [0, 0.05) is 38.3 Å². The molecule has 0 aliphatic carbocycles. The molecule has 1 aliphatic rings. The van der Waals surface area contributed by atoms with Crippen molar-refractivity contribution < 1.29 is 9.15 Å². The van der Waals surface area contributed by atoms with Gasteiger partial charge in [0.25, 0.3) is 0 Å². The van der Waals surface area contributed by atoms with Crippen molar-refractivity contribution in [1.82, 2.24) is 20.4 Å². The second-order valence-electron chi connectivity index (χ2n) is 8.98. The predicted octanol–water partition coefficient (Wildman–Crippen LogP) is 3.70.